The third-order valence-corrected chi connectivity index (χ3v) is 10.6. The molecule has 1 rings (SSSR count). The lowest BCUT2D eigenvalue weighted by Crippen LogP contribution is -2.59. The lowest BCUT2D eigenvalue weighted by molar-refractivity contribution is -0.305. The first kappa shape index (κ1) is 52.4. The predicted octanol–water partition coefficient (Wildman–Crippen LogP) is 10.4. The van der Waals surface area contributed by atoms with Gasteiger partial charge in [-0.05, 0) is 44.9 Å². The van der Waals surface area contributed by atoms with Gasteiger partial charge < -0.3 is 39.4 Å². The van der Waals surface area contributed by atoms with Crippen LogP contribution >= 0.6 is 0 Å². The number of aliphatic hydroxyl groups excluding tert-OH is 4. The minimum Gasteiger partial charge on any atom is -0.457 e. The van der Waals surface area contributed by atoms with Crippen molar-refractivity contribution in [1.82, 2.24) is 0 Å². The Kier molecular flexibility index (Phi) is 36.4. The van der Waals surface area contributed by atoms with Crippen molar-refractivity contribution in [3.05, 3.63) is 36.5 Å². The molecule has 9 heteroatoms. The van der Waals surface area contributed by atoms with Gasteiger partial charge >= 0.3 is 5.97 Å². The van der Waals surface area contributed by atoms with E-state index in [-0.39, 0.29) is 19.2 Å². The molecule has 56 heavy (non-hydrogen) atoms. The molecule has 1 heterocycles. The minimum atomic E-state index is -1.54. The van der Waals surface area contributed by atoms with Gasteiger partial charge in [0.25, 0.3) is 0 Å². The molecule has 0 aromatic heterocycles. The summed E-state index contributed by atoms with van der Waals surface area (Å²) in [4.78, 5) is 12.8. The molecule has 0 amide bonds. The normalized spacial score (nSPS) is 20.9. The molecule has 6 atom stereocenters. The summed E-state index contributed by atoms with van der Waals surface area (Å²) in [5.41, 5.74) is 0. The summed E-state index contributed by atoms with van der Waals surface area (Å²) in [6.07, 6.45) is 38.8. The molecule has 1 aliphatic heterocycles. The van der Waals surface area contributed by atoms with Gasteiger partial charge in [-0.1, -0.05) is 179 Å². The smallest absolute Gasteiger partial charge is 0.306 e. The lowest BCUT2D eigenvalue weighted by Gasteiger charge is -2.39. The first-order valence-electron chi connectivity index (χ1n) is 23.1. The molecular formula is C47H86O9. The summed E-state index contributed by atoms with van der Waals surface area (Å²) < 4.78 is 22.8. The highest BCUT2D eigenvalue weighted by atomic mass is 16.7. The molecule has 0 aliphatic carbocycles. The first-order chi connectivity index (χ1) is 27.4. The highest BCUT2D eigenvalue weighted by Crippen LogP contribution is 2.23. The monoisotopic (exact) mass is 795 g/mol. The number of rotatable bonds is 39. The van der Waals surface area contributed by atoms with Gasteiger partial charge in [0.1, 0.15) is 30.5 Å². The average Bonchev–Trinajstić information content (AvgIpc) is 3.20. The van der Waals surface area contributed by atoms with E-state index in [0.29, 0.717) is 13.0 Å². The van der Waals surface area contributed by atoms with Crippen molar-refractivity contribution in [2.45, 2.75) is 230 Å². The fraction of sp³-hybridized carbons (Fsp3) is 0.851. The van der Waals surface area contributed by atoms with Crippen molar-refractivity contribution in [3.63, 3.8) is 0 Å². The maximum Gasteiger partial charge on any atom is 0.306 e. The van der Waals surface area contributed by atoms with E-state index in [9.17, 15) is 25.2 Å². The third kappa shape index (κ3) is 29.6. The van der Waals surface area contributed by atoms with Gasteiger partial charge in [-0.3, -0.25) is 4.79 Å². The molecule has 1 saturated heterocycles. The summed E-state index contributed by atoms with van der Waals surface area (Å²) in [5, 5.41) is 40.1. The van der Waals surface area contributed by atoms with Crippen LogP contribution in [0.15, 0.2) is 36.5 Å². The summed E-state index contributed by atoms with van der Waals surface area (Å²) in [6.45, 7) is 4.45. The molecule has 0 aromatic rings. The highest BCUT2D eigenvalue weighted by molar-refractivity contribution is 5.69. The summed E-state index contributed by atoms with van der Waals surface area (Å²) in [5.74, 6) is -0.315. The van der Waals surface area contributed by atoms with E-state index < -0.39 is 43.4 Å². The SMILES string of the molecule is CC/C=C\C/C=C\C/C=C\CCCCCCCCCCOCC(COC1OC(CO)C(O)C(O)C1O)OC(=O)CCCCCCCCCCCCCCCCC. The largest absolute Gasteiger partial charge is 0.457 e. The number of ether oxygens (including phenoxy) is 4. The topological polar surface area (TPSA) is 135 Å². The lowest BCUT2D eigenvalue weighted by atomic mass is 9.99. The van der Waals surface area contributed by atoms with Gasteiger partial charge in [0, 0.05) is 13.0 Å². The van der Waals surface area contributed by atoms with Crippen molar-refractivity contribution in [1.29, 1.82) is 0 Å². The first-order valence-corrected chi connectivity index (χ1v) is 23.1. The van der Waals surface area contributed by atoms with E-state index in [1.165, 1.54) is 116 Å². The Hall–Kier alpha value is -1.59. The third-order valence-electron chi connectivity index (χ3n) is 10.6. The molecule has 0 aromatic carbocycles. The molecule has 328 valence electrons. The van der Waals surface area contributed by atoms with Crippen molar-refractivity contribution < 1.29 is 44.2 Å². The number of aliphatic hydroxyl groups is 4. The second-order valence-electron chi connectivity index (χ2n) is 15.8. The zero-order chi connectivity index (χ0) is 40.7. The number of hydrogen-bond donors (Lipinski definition) is 4. The Morgan fingerprint density at radius 2 is 1.09 bits per heavy atom. The van der Waals surface area contributed by atoms with Crippen molar-refractivity contribution in [3.8, 4) is 0 Å². The number of carbonyl (C=O) groups is 1. The molecule has 0 spiro atoms. The Morgan fingerprint density at radius 3 is 1.64 bits per heavy atom. The van der Waals surface area contributed by atoms with Crippen LogP contribution < -0.4 is 0 Å². The number of hydrogen-bond acceptors (Lipinski definition) is 9. The van der Waals surface area contributed by atoms with Crippen LogP contribution in [-0.4, -0.2) is 89.6 Å². The maximum absolute atomic E-state index is 12.8. The Labute approximate surface area is 342 Å². The van der Waals surface area contributed by atoms with Gasteiger partial charge in [0.2, 0.25) is 0 Å². The molecule has 1 fully saturated rings. The van der Waals surface area contributed by atoms with Crippen LogP contribution in [0.4, 0.5) is 0 Å². The Balaban J connectivity index is 2.25. The van der Waals surface area contributed by atoms with Crippen molar-refractivity contribution in [2.24, 2.45) is 0 Å². The molecule has 0 bridgehead atoms. The second kappa shape index (κ2) is 38.9. The molecule has 1 aliphatic rings. The Bertz CT molecular complexity index is 952. The molecule has 4 N–H and O–H groups in total. The van der Waals surface area contributed by atoms with Gasteiger partial charge in [0.05, 0.1) is 19.8 Å². The van der Waals surface area contributed by atoms with E-state index in [2.05, 4.69) is 50.3 Å². The fourth-order valence-electron chi connectivity index (χ4n) is 6.98. The molecule has 9 nitrogen and oxygen atoms in total. The van der Waals surface area contributed by atoms with Crippen LogP contribution in [-0.2, 0) is 23.7 Å². The second-order valence-corrected chi connectivity index (χ2v) is 15.8. The van der Waals surface area contributed by atoms with Crippen molar-refractivity contribution in [2.75, 3.05) is 26.4 Å². The van der Waals surface area contributed by atoms with Crippen LogP contribution in [0.5, 0.6) is 0 Å². The van der Waals surface area contributed by atoms with Gasteiger partial charge in [-0.2, -0.15) is 0 Å². The van der Waals surface area contributed by atoms with Gasteiger partial charge in [-0.25, -0.2) is 0 Å². The molecule has 0 radical (unpaired) electrons. The average molecular weight is 795 g/mol. The van der Waals surface area contributed by atoms with Gasteiger partial charge in [-0.15, -0.1) is 0 Å². The number of allylic oxidation sites excluding steroid dienone is 6. The summed E-state index contributed by atoms with van der Waals surface area (Å²) in [6, 6.07) is 0. The summed E-state index contributed by atoms with van der Waals surface area (Å²) >= 11 is 0. The van der Waals surface area contributed by atoms with Crippen LogP contribution in [0.3, 0.4) is 0 Å². The van der Waals surface area contributed by atoms with E-state index in [1.54, 1.807) is 0 Å². The van der Waals surface area contributed by atoms with E-state index in [1.807, 2.05) is 0 Å². The highest BCUT2D eigenvalue weighted by Gasteiger charge is 2.44. The predicted molar refractivity (Wildman–Crippen MR) is 228 cm³/mol. The fourth-order valence-corrected chi connectivity index (χ4v) is 6.98. The zero-order valence-electron chi connectivity index (χ0n) is 35.9. The molecular weight excluding hydrogens is 709 g/mol. The quantitative estimate of drug-likeness (QED) is 0.0272. The summed E-state index contributed by atoms with van der Waals surface area (Å²) in [7, 11) is 0. The zero-order valence-corrected chi connectivity index (χ0v) is 35.9. The number of esters is 1. The maximum atomic E-state index is 12.8. The number of unbranched alkanes of at least 4 members (excludes halogenated alkanes) is 22. The van der Waals surface area contributed by atoms with E-state index in [4.69, 9.17) is 18.9 Å². The van der Waals surface area contributed by atoms with E-state index in [0.717, 1.165) is 57.8 Å². The van der Waals surface area contributed by atoms with Gasteiger partial charge in [0.15, 0.2) is 6.29 Å². The molecule has 6 unspecified atom stereocenters. The molecule has 0 saturated carbocycles. The van der Waals surface area contributed by atoms with Crippen LogP contribution in [0.1, 0.15) is 194 Å². The Morgan fingerprint density at radius 1 is 0.589 bits per heavy atom. The van der Waals surface area contributed by atoms with Crippen LogP contribution in [0, 0.1) is 0 Å². The number of carbonyl (C=O) groups excluding carboxylic acids is 1. The van der Waals surface area contributed by atoms with E-state index >= 15 is 0 Å². The minimum absolute atomic E-state index is 0.114. The van der Waals surface area contributed by atoms with Crippen LogP contribution in [0.25, 0.3) is 0 Å². The van der Waals surface area contributed by atoms with Crippen LogP contribution in [0.2, 0.25) is 0 Å². The van der Waals surface area contributed by atoms with Crippen molar-refractivity contribution >= 4 is 5.97 Å². The standard InChI is InChI=1S/C47H86O9/c1-3-5-7-9-11-13-15-17-19-20-21-23-25-27-29-31-33-35-37-53-39-41(40-54-47-46(52)45(51)44(50)42(38-48)56-47)55-43(49)36-34-32-30-28-26-24-22-18-16-14-12-10-8-6-4-2/h5,7,11,13,17,19,41-42,44-48,50-52H,3-4,6,8-10,12,14-16,18,20-40H2,1-2H3/b7-5-,13-11-,19-17-.